The molecule has 1 amide bonds. The van der Waals surface area contributed by atoms with Gasteiger partial charge < -0.3 is 4.90 Å². The molecule has 0 aromatic carbocycles. The zero-order chi connectivity index (χ0) is 14.8. The van der Waals surface area contributed by atoms with Crippen LogP contribution in [0.15, 0.2) is 0 Å². The second kappa shape index (κ2) is 6.44. The minimum atomic E-state index is -1.04. The minimum Gasteiger partial charge on any atom is -0.334 e. The number of rotatable bonds is 6. The largest absolute Gasteiger partial charge is 0.334 e. The lowest BCUT2D eigenvalue weighted by molar-refractivity contribution is -0.155. The van der Waals surface area contributed by atoms with Gasteiger partial charge in [0.05, 0.1) is 5.75 Å². The first kappa shape index (κ1) is 16.8. The zero-order valence-electron chi connectivity index (χ0n) is 13.0. The van der Waals surface area contributed by atoms with Gasteiger partial charge in [-0.2, -0.15) is 11.8 Å². The van der Waals surface area contributed by atoms with Crippen LogP contribution in [0.2, 0.25) is 18.6 Å². The molecule has 0 aliphatic carbocycles. The summed E-state index contributed by atoms with van der Waals surface area (Å²) in [5.74, 6) is 2.13. The van der Waals surface area contributed by atoms with Gasteiger partial charge in [0.1, 0.15) is 5.78 Å². The van der Waals surface area contributed by atoms with Gasteiger partial charge in [-0.1, -0.05) is 20.0 Å². The second-order valence-electron chi connectivity index (χ2n) is 6.60. The molecule has 3 nitrogen and oxygen atoms in total. The van der Waals surface area contributed by atoms with Crippen molar-refractivity contribution >= 4 is 32.2 Å². The number of carbonyl (C=O) groups is 2. The van der Waals surface area contributed by atoms with Crippen molar-refractivity contribution in [2.75, 3.05) is 11.5 Å². The van der Waals surface area contributed by atoms with Gasteiger partial charge in [0.25, 0.3) is 0 Å². The first-order valence-corrected chi connectivity index (χ1v) is 11.3. The molecule has 1 aliphatic rings. The molecule has 1 aliphatic heterocycles. The van der Waals surface area contributed by atoms with Crippen molar-refractivity contribution < 1.29 is 9.59 Å². The molecule has 0 spiro atoms. The van der Waals surface area contributed by atoms with E-state index in [9.17, 15) is 9.59 Å². The van der Waals surface area contributed by atoms with E-state index in [-0.39, 0.29) is 23.0 Å². The molecule has 0 aromatic rings. The average Bonchev–Trinajstić information content (AvgIpc) is 2.22. The van der Waals surface area contributed by atoms with E-state index >= 15 is 0 Å². The Morgan fingerprint density at radius 3 is 2.37 bits per heavy atom. The van der Waals surface area contributed by atoms with Crippen molar-refractivity contribution in [3.8, 4) is 0 Å². The molecular weight excluding hydrogens is 274 g/mol. The van der Waals surface area contributed by atoms with Crippen molar-refractivity contribution in [2.24, 2.45) is 0 Å². The van der Waals surface area contributed by atoms with Crippen molar-refractivity contribution in [1.82, 2.24) is 4.90 Å². The van der Waals surface area contributed by atoms with E-state index in [2.05, 4.69) is 40.8 Å². The van der Waals surface area contributed by atoms with Crippen molar-refractivity contribution in [1.29, 1.82) is 0 Å². The number of carbonyl (C=O) groups excluding carboxylic acids is 2. The van der Waals surface area contributed by atoms with E-state index in [1.807, 2.05) is 4.90 Å². The number of β-lactam (4-membered cyclic amide) rings is 1. The fraction of sp³-hybridized carbons (Fsp3) is 0.857. The lowest BCUT2D eigenvalue weighted by Gasteiger charge is -2.55. The number of thioether (sulfide) groups is 1. The number of likely N-dealkylation sites (tertiary alicyclic amines) is 1. The molecule has 0 radical (unpaired) electrons. The normalized spacial score (nSPS) is 23.7. The van der Waals surface area contributed by atoms with E-state index in [0.717, 1.165) is 5.75 Å². The monoisotopic (exact) mass is 301 g/mol. The number of hydrogen-bond donors (Lipinski definition) is 0. The summed E-state index contributed by atoms with van der Waals surface area (Å²) in [5.41, 5.74) is -0.00509. The molecule has 1 fully saturated rings. The van der Waals surface area contributed by atoms with Crippen LogP contribution in [0, 0.1) is 0 Å². The van der Waals surface area contributed by atoms with Crippen LogP contribution in [0.5, 0.6) is 0 Å². The van der Waals surface area contributed by atoms with Gasteiger partial charge in [-0.25, -0.2) is 0 Å². The highest BCUT2D eigenvalue weighted by molar-refractivity contribution is 7.99. The van der Waals surface area contributed by atoms with Crippen molar-refractivity contribution in [3.63, 3.8) is 0 Å². The summed E-state index contributed by atoms with van der Waals surface area (Å²) in [6.45, 7) is 12.7. The van der Waals surface area contributed by atoms with E-state index in [4.69, 9.17) is 0 Å². The van der Waals surface area contributed by atoms with Crippen LogP contribution < -0.4 is 0 Å². The highest BCUT2D eigenvalue weighted by Crippen LogP contribution is 2.41. The molecule has 1 rings (SSSR count). The maximum absolute atomic E-state index is 12.3. The molecule has 0 aromatic heterocycles. The number of nitrogens with zero attached hydrogens (tertiary/aromatic N) is 1. The van der Waals surface area contributed by atoms with Crippen LogP contribution in [-0.2, 0) is 9.59 Å². The van der Waals surface area contributed by atoms with Crippen LogP contribution in [-0.4, -0.2) is 48.5 Å². The van der Waals surface area contributed by atoms with Gasteiger partial charge in [0, 0.05) is 32.3 Å². The fourth-order valence-electron chi connectivity index (χ4n) is 2.85. The Bertz CT molecular complexity index is 352. The van der Waals surface area contributed by atoms with Gasteiger partial charge in [-0.3, -0.25) is 9.59 Å². The smallest absolute Gasteiger partial charge is 0.225 e. The average molecular weight is 302 g/mol. The predicted molar refractivity (Wildman–Crippen MR) is 85.6 cm³/mol. The molecule has 0 N–H and O–H groups in total. The molecule has 0 bridgehead atoms. The van der Waals surface area contributed by atoms with Gasteiger partial charge in [0.15, 0.2) is 0 Å². The van der Waals surface area contributed by atoms with Crippen molar-refractivity contribution in [2.45, 2.75) is 64.3 Å². The van der Waals surface area contributed by atoms with E-state index in [0.29, 0.717) is 18.0 Å². The van der Waals surface area contributed by atoms with Gasteiger partial charge in [-0.05, 0) is 26.5 Å². The summed E-state index contributed by atoms with van der Waals surface area (Å²) in [4.78, 5) is 26.3. The van der Waals surface area contributed by atoms with Gasteiger partial charge in [-0.15, -0.1) is 0 Å². The number of hydrogen-bond acceptors (Lipinski definition) is 3. The molecule has 0 saturated carbocycles. The standard InChI is InChI=1S/C14H27NO2SSi/c1-7-18-9-10(16)8-11-12(19(5)6)13(17)15(11)14(2,3)4/h11-12,19H,7-9H2,1-6H3. The third kappa shape index (κ3) is 3.84. The molecule has 1 heterocycles. The summed E-state index contributed by atoms with van der Waals surface area (Å²) < 4.78 is 0. The third-order valence-electron chi connectivity index (χ3n) is 3.61. The summed E-state index contributed by atoms with van der Waals surface area (Å²) >= 11 is 1.67. The number of amides is 1. The topological polar surface area (TPSA) is 37.4 Å². The number of ketones is 1. The van der Waals surface area contributed by atoms with E-state index in [1.54, 1.807) is 11.8 Å². The lowest BCUT2D eigenvalue weighted by atomic mass is 9.89. The lowest BCUT2D eigenvalue weighted by Crippen LogP contribution is -2.67. The second-order valence-corrected chi connectivity index (χ2v) is 11.1. The van der Waals surface area contributed by atoms with Crippen molar-refractivity contribution in [3.05, 3.63) is 0 Å². The summed E-state index contributed by atoms with van der Waals surface area (Å²) in [5, 5.41) is 0. The van der Waals surface area contributed by atoms with Gasteiger partial charge >= 0.3 is 0 Å². The highest BCUT2D eigenvalue weighted by Gasteiger charge is 2.52. The fourth-order valence-corrected chi connectivity index (χ4v) is 5.33. The van der Waals surface area contributed by atoms with Crippen LogP contribution in [0.4, 0.5) is 0 Å². The molecular formula is C14H27NO2SSi. The van der Waals surface area contributed by atoms with E-state index < -0.39 is 8.80 Å². The summed E-state index contributed by atoms with van der Waals surface area (Å²) in [7, 11) is -1.04. The van der Waals surface area contributed by atoms with E-state index in [1.165, 1.54) is 0 Å². The molecule has 110 valence electrons. The van der Waals surface area contributed by atoms with Gasteiger partial charge in [0.2, 0.25) is 5.91 Å². The Labute approximate surface area is 123 Å². The summed E-state index contributed by atoms with van der Waals surface area (Å²) in [6.07, 6.45) is 0.547. The first-order chi connectivity index (χ1) is 8.70. The molecule has 5 heteroatoms. The molecule has 2 atom stereocenters. The maximum atomic E-state index is 12.3. The molecule has 2 unspecified atom stereocenters. The SMILES string of the molecule is CCSCC(=O)CC1C([SiH](C)C)C(=O)N1C(C)(C)C. The number of Topliss-reactive ketones (excluding diaryl/α,β-unsaturated/α-hetero) is 1. The van der Waals surface area contributed by atoms with Crippen LogP contribution in [0.1, 0.15) is 34.1 Å². The van der Waals surface area contributed by atoms with Crippen LogP contribution in [0.3, 0.4) is 0 Å². The first-order valence-electron chi connectivity index (χ1n) is 7.12. The Kier molecular flexibility index (Phi) is 5.68. The minimum absolute atomic E-state index is 0.157. The predicted octanol–water partition coefficient (Wildman–Crippen LogP) is 2.56. The quantitative estimate of drug-likeness (QED) is 0.559. The Hall–Kier alpha value is -0.293. The maximum Gasteiger partial charge on any atom is 0.225 e. The van der Waals surface area contributed by atoms with Crippen LogP contribution >= 0.6 is 11.8 Å². The third-order valence-corrected chi connectivity index (χ3v) is 6.71. The molecule has 1 saturated heterocycles. The molecule has 19 heavy (non-hydrogen) atoms. The Morgan fingerprint density at radius 2 is 1.95 bits per heavy atom. The van der Waals surface area contributed by atoms with Crippen LogP contribution in [0.25, 0.3) is 0 Å². The Balaban J connectivity index is 2.74. The highest BCUT2D eigenvalue weighted by atomic mass is 32.2. The summed E-state index contributed by atoms with van der Waals surface area (Å²) in [6, 6.07) is 0.157. The Morgan fingerprint density at radius 1 is 1.37 bits per heavy atom. The zero-order valence-corrected chi connectivity index (χ0v) is 15.0.